The summed E-state index contributed by atoms with van der Waals surface area (Å²) in [5, 5.41) is 3.30. The fourth-order valence-electron chi connectivity index (χ4n) is 2.93. The van der Waals surface area contributed by atoms with Crippen molar-refractivity contribution in [2.24, 2.45) is 5.41 Å². The van der Waals surface area contributed by atoms with E-state index >= 15 is 0 Å². The van der Waals surface area contributed by atoms with Crippen molar-refractivity contribution in [3.63, 3.8) is 0 Å². The first-order valence-corrected chi connectivity index (χ1v) is 9.57. The van der Waals surface area contributed by atoms with E-state index < -0.39 is 10.0 Å². The zero-order chi connectivity index (χ0) is 14.2. The number of thioether (sulfide) groups is 1. The predicted octanol–water partition coefficient (Wildman–Crippen LogP) is 1.78. The lowest BCUT2D eigenvalue weighted by molar-refractivity contribution is 0.0871. The van der Waals surface area contributed by atoms with Gasteiger partial charge in [-0.2, -0.15) is 4.31 Å². The van der Waals surface area contributed by atoms with E-state index in [-0.39, 0.29) is 0 Å². The van der Waals surface area contributed by atoms with Gasteiger partial charge in [-0.1, -0.05) is 0 Å². The molecular formula is C14H20N2O2S2. The second-order valence-electron chi connectivity index (χ2n) is 5.68. The molecule has 0 amide bonds. The summed E-state index contributed by atoms with van der Waals surface area (Å²) in [7, 11) is -3.32. The Balaban J connectivity index is 1.74. The first-order chi connectivity index (χ1) is 9.56. The maximum absolute atomic E-state index is 12.6. The molecule has 6 heteroatoms. The highest BCUT2D eigenvalue weighted by Gasteiger charge is 2.42. The summed E-state index contributed by atoms with van der Waals surface area (Å²) in [5.41, 5.74) is 0.370. The molecule has 20 heavy (non-hydrogen) atoms. The number of rotatable bonds is 3. The van der Waals surface area contributed by atoms with Gasteiger partial charge in [0.1, 0.15) is 0 Å². The van der Waals surface area contributed by atoms with Crippen LogP contribution in [0.15, 0.2) is 34.1 Å². The van der Waals surface area contributed by atoms with Crippen molar-refractivity contribution < 1.29 is 8.42 Å². The highest BCUT2D eigenvalue weighted by molar-refractivity contribution is 7.98. The first kappa shape index (κ1) is 14.4. The quantitative estimate of drug-likeness (QED) is 0.865. The van der Waals surface area contributed by atoms with E-state index in [2.05, 4.69) is 5.32 Å². The molecule has 0 bridgehead atoms. The Bertz CT molecular complexity index is 570. The molecule has 3 rings (SSSR count). The molecule has 1 aromatic rings. The fourth-order valence-corrected chi connectivity index (χ4v) is 4.78. The summed E-state index contributed by atoms with van der Waals surface area (Å²) in [6, 6.07) is 7.19. The van der Waals surface area contributed by atoms with Gasteiger partial charge in [0, 0.05) is 31.1 Å². The molecule has 0 radical (unpaired) electrons. The van der Waals surface area contributed by atoms with Crippen LogP contribution in [0.3, 0.4) is 0 Å². The van der Waals surface area contributed by atoms with E-state index in [4.69, 9.17) is 0 Å². The summed E-state index contributed by atoms with van der Waals surface area (Å²) >= 11 is 1.62. The van der Waals surface area contributed by atoms with E-state index in [0.717, 1.165) is 30.8 Å². The van der Waals surface area contributed by atoms with Crippen molar-refractivity contribution in [2.45, 2.75) is 22.6 Å². The van der Waals surface area contributed by atoms with E-state index in [1.807, 2.05) is 18.4 Å². The smallest absolute Gasteiger partial charge is 0.243 e. The summed E-state index contributed by atoms with van der Waals surface area (Å²) in [4.78, 5) is 1.50. The average molecular weight is 312 g/mol. The Morgan fingerprint density at radius 3 is 2.20 bits per heavy atom. The lowest BCUT2D eigenvalue weighted by Crippen LogP contribution is -2.58. The number of sulfonamides is 1. The summed E-state index contributed by atoms with van der Waals surface area (Å²) in [6.45, 7) is 3.38. The Hall–Kier alpha value is -0.560. The summed E-state index contributed by atoms with van der Waals surface area (Å²) in [5.74, 6) is 0. The zero-order valence-electron chi connectivity index (χ0n) is 11.6. The van der Waals surface area contributed by atoms with Crippen LogP contribution in [0.5, 0.6) is 0 Å². The fraction of sp³-hybridized carbons (Fsp3) is 0.571. The van der Waals surface area contributed by atoms with Gasteiger partial charge >= 0.3 is 0 Å². The van der Waals surface area contributed by atoms with E-state index in [1.54, 1.807) is 28.2 Å². The molecule has 0 atom stereocenters. The molecule has 0 saturated carbocycles. The zero-order valence-corrected chi connectivity index (χ0v) is 13.3. The summed E-state index contributed by atoms with van der Waals surface area (Å²) < 4.78 is 26.9. The third kappa shape index (κ3) is 2.50. The molecule has 2 saturated heterocycles. The first-order valence-electron chi connectivity index (χ1n) is 6.91. The largest absolute Gasteiger partial charge is 0.316 e. The van der Waals surface area contributed by atoms with Crippen molar-refractivity contribution >= 4 is 21.8 Å². The van der Waals surface area contributed by atoms with Gasteiger partial charge in [-0.15, -0.1) is 11.8 Å². The lowest BCUT2D eigenvalue weighted by atomic mass is 9.74. The Labute approximate surface area is 125 Å². The van der Waals surface area contributed by atoms with Crippen LogP contribution in [0.25, 0.3) is 0 Å². The average Bonchev–Trinajstić information content (AvgIpc) is 2.46. The highest BCUT2D eigenvalue weighted by atomic mass is 32.2. The molecule has 1 N–H and O–H groups in total. The molecule has 0 unspecified atom stereocenters. The van der Waals surface area contributed by atoms with Gasteiger partial charge in [-0.05, 0) is 48.8 Å². The topological polar surface area (TPSA) is 49.4 Å². The van der Waals surface area contributed by atoms with Crippen LogP contribution in [-0.2, 0) is 10.0 Å². The minimum Gasteiger partial charge on any atom is -0.316 e. The van der Waals surface area contributed by atoms with E-state index in [0.29, 0.717) is 23.4 Å². The van der Waals surface area contributed by atoms with Crippen LogP contribution in [0, 0.1) is 5.41 Å². The summed E-state index contributed by atoms with van der Waals surface area (Å²) in [6.07, 6.45) is 3.94. The van der Waals surface area contributed by atoms with Crippen molar-refractivity contribution in [3.8, 4) is 0 Å². The number of piperidine rings is 1. The maximum Gasteiger partial charge on any atom is 0.243 e. The van der Waals surface area contributed by atoms with Crippen LogP contribution in [-0.4, -0.2) is 45.2 Å². The Morgan fingerprint density at radius 2 is 1.75 bits per heavy atom. The van der Waals surface area contributed by atoms with Gasteiger partial charge in [-0.25, -0.2) is 8.42 Å². The monoisotopic (exact) mass is 312 g/mol. The molecule has 1 spiro atoms. The van der Waals surface area contributed by atoms with Gasteiger partial charge in [0.05, 0.1) is 4.90 Å². The van der Waals surface area contributed by atoms with Crippen LogP contribution < -0.4 is 5.32 Å². The van der Waals surface area contributed by atoms with Gasteiger partial charge in [0.15, 0.2) is 0 Å². The third-order valence-corrected chi connectivity index (χ3v) is 7.14. The molecule has 2 aliphatic heterocycles. The molecule has 1 aromatic carbocycles. The SMILES string of the molecule is CSc1ccc(S(=O)(=O)N2CCC3(CC2)CNC3)cc1. The number of nitrogens with zero attached hydrogens (tertiary/aromatic N) is 1. The lowest BCUT2D eigenvalue weighted by Gasteiger charge is -2.47. The number of hydrogen-bond donors (Lipinski definition) is 1. The van der Waals surface area contributed by atoms with Crippen molar-refractivity contribution in [1.82, 2.24) is 9.62 Å². The molecule has 2 aliphatic rings. The standard InChI is InChI=1S/C14H20N2O2S2/c1-19-12-2-4-13(5-3-12)20(17,18)16-8-6-14(7-9-16)10-15-11-14/h2-5,15H,6-11H2,1H3. The number of benzene rings is 1. The maximum atomic E-state index is 12.6. The molecule has 110 valence electrons. The Kier molecular flexibility index (Phi) is 3.83. The van der Waals surface area contributed by atoms with E-state index in [1.165, 1.54) is 0 Å². The Morgan fingerprint density at radius 1 is 1.15 bits per heavy atom. The number of hydrogen-bond acceptors (Lipinski definition) is 4. The molecule has 2 heterocycles. The van der Waals surface area contributed by atoms with Crippen molar-refractivity contribution in [3.05, 3.63) is 24.3 Å². The number of nitrogens with one attached hydrogen (secondary N) is 1. The second-order valence-corrected chi connectivity index (χ2v) is 8.50. The van der Waals surface area contributed by atoms with Crippen molar-refractivity contribution in [1.29, 1.82) is 0 Å². The third-order valence-electron chi connectivity index (χ3n) is 4.48. The van der Waals surface area contributed by atoms with Gasteiger partial charge in [-0.3, -0.25) is 0 Å². The molecule has 0 aliphatic carbocycles. The van der Waals surface area contributed by atoms with Gasteiger partial charge in [0.2, 0.25) is 10.0 Å². The van der Waals surface area contributed by atoms with Gasteiger partial charge in [0.25, 0.3) is 0 Å². The van der Waals surface area contributed by atoms with Crippen LogP contribution in [0.2, 0.25) is 0 Å². The minimum absolute atomic E-state index is 0.370. The minimum atomic E-state index is -3.32. The van der Waals surface area contributed by atoms with Crippen molar-refractivity contribution in [2.75, 3.05) is 32.4 Å². The van der Waals surface area contributed by atoms with Gasteiger partial charge < -0.3 is 5.32 Å². The van der Waals surface area contributed by atoms with Crippen LogP contribution in [0.1, 0.15) is 12.8 Å². The molecule has 4 nitrogen and oxygen atoms in total. The molecule has 0 aromatic heterocycles. The van der Waals surface area contributed by atoms with Crippen LogP contribution >= 0.6 is 11.8 Å². The molecule has 2 fully saturated rings. The second kappa shape index (κ2) is 5.33. The molecular weight excluding hydrogens is 292 g/mol. The highest BCUT2D eigenvalue weighted by Crippen LogP contribution is 2.36. The predicted molar refractivity (Wildman–Crippen MR) is 81.5 cm³/mol. The normalized spacial score (nSPS) is 22.6. The van der Waals surface area contributed by atoms with E-state index in [9.17, 15) is 8.42 Å². The van der Waals surface area contributed by atoms with Crippen LogP contribution in [0.4, 0.5) is 0 Å².